The van der Waals surface area contributed by atoms with E-state index in [0.29, 0.717) is 44.1 Å². The van der Waals surface area contributed by atoms with Crippen molar-refractivity contribution < 1.29 is 18.9 Å². The fourth-order valence-electron chi connectivity index (χ4n) is 5.58. The van der Waals surface area contributed by atoms with Crippen molar-refractivity contribution in [2.75, 3.05) is 0 Å². The zero-order valence-corrected chi connectivity index (χ0v) is 21.1. The molecule has 0 aliphatic carbocycles. The van der Waals surface area contributed by atoms with Crippen molar-refractivity contribution in [2.45, 2.75) is 55.7 Å². The van der Waals surface area contributed by atoms with Crippen LogP contribution in [0.25, 0.3) is 21.5 Å². The molecule has 0 radical (unpaired) electrons. The molecule has 1 saturated heterocycles. The second kappa shape index (κ2) is 10.7. The molecule has 1 N–H and O–H groups in total. The normalized spacial score (nSPS) is 17.9. The van der Waals surface area contributed by atoms with Gasteiger partial charge in [0, 0.05) is 23.3 Å². The van der Waals surface area contributed by atoms with Gasteiger partial charge in [0.25, 0.3) is 0 Å². The zero-order valence-electron chi connectivity index (χ0n) is 20.1. The first-order valence-corrected chi connectivity index (χ1v) is 12.8. The molecule has 4 rings (SSSR count). The molecule has 3 aromatic rings. The lowest BCUT2D eigenvalue weighted by Gasteiger charge is -2.56. The lowest BCUT2D eigenvalue weighted by molar-refractivity contribution is -0.272. The Kier molecular flexibility index (Phi) is 7.71. The summed E-state index contributed by atoms with van der Waals surface area (Å²) < 4.78 is 17.6. The van der Waals surface area contributed by atoms with Crippen molar-refractivity contribution in [1.29, 1.82) is 0 Å². The van der Waals surface area contributed by atoms with Gasteiger partial charge in [-0.3, -0.25) is 8.93 Å². The Morgan fingerprint density at radius 3 is 2.11 bits per heavy atom. The molecule has 1 aliphatic heterocycles. The van der Waals surface area contributed by atoms with Gasteiger partial charge >= 0.3 is 0 Å². The highest BCUT2D eigenvalue weighted by Gasteiger charge is 2.53. The van der Waals surface area contributed by atoms with E-state index in [1.807, 2.05) is 54.6 Å². The zero-order chi connectivity index (χ0) is 24.9. The third kappa shape index (κ3) is 4.90. The highest BCUT2D eigenvalue weighted by atomic mass is 31.1. The minimum atomic E-state index is -0.575. The smallest absolute Gasteiger partial charge is 0.187 e. The highest BCUT2D eigenvalue weighted by molar-refractivity contribution is 7.30. The van der Waals surface area contributed by atoms with Crippen LogP contribution in [0.4, 0.5) is 0 Å². The Balaban J connectivity index is 1.77. The maximum atomic E-state index is 11.6. The van der Waals surface area contributed by atoms with Crippen molar-refractivity contribution in [1.82, 2.24) is 5.06 Å². The summed E-state index contributed by atoms with van der Waals surface area (Å²) in [6.07, 6.45) is 11.0. The van der Waals surface area contributed by atoms with Gasteiger partial charge in [0.15, 0.2) is 5.58 Å². The van der Waals surface area contributed by atoms with E-state index < -0.39 is 11.1 Å². The summed E-state index contributed by atoms with van der Waals surface area (Å²) in [5, 5.41) is 16.2. The molecule has 0 amide bonds. The van der Waals surface area contributed by atoms with E-state index in [2.05, 4.69) is 38.4 Å². The third-order valence-corrected chi connectivity index (χ3v) is 7.79. The predicted octanol–water partition coefficient (Wildman–Crippen LogP) is 8.35. The molecule has 1 atom stereocenters. The van der Waals surface area contributed by atoms with Crippen LogP contribution < -0.4 is 4.74 Å². The average molecular weight is 492 g/mol. The van der Waals surface area contributed by atoms with Crippen LogP contribution in [-0.2, 0) is 0 Å². The monoisotopic (exact) mass is 491 g/mol. The Labute approximate surface area is 208 Å². The quantitative estimate of drug-likeness (QED) is 0.228. The van der Waals surface area contributed by atoms with E-state index in [-0.39, 0.29) is 14.5 Å². The number of hydrogen-bond donors (Lipinski definition) is 1. The van der Waals surface area contributed by atoms with Gasteiger partial charge in [0.05, 0.1) is 19.5 Å². The molecule has 5 nitrogen and oxygen atoms in total. The van der Waals surface area contributed by atoms with Gasteiger partial charge in [-0.2, -0.15) is 5.06 Å². The van der Waals surface area contributed by atoms with Crippen molar-refractivity contribution in [3.8, 4) is 5.75 Å². The average Bonchev–Trinajstić information content (AvgIpc) is 3.02. The molecule has 0 spiro atoms. The standard InChI is InChI=1S/C29H34NO4P/c1-5-15-28(16-6-2)20-23(21-29(17-7-3,18-8-4)30(28)31)32-22-13-14-26-25(19-22)24-11-9-10-12-27(24)35-34-33-26/h5-14,19,23,31,35H,1-4,15-18,20-21H2. The first-order chi connectivity index (χ1) is 17.0. The van der Waals surface area contributed by atoms with Gasteiger partial charge in [-0.25, -0.2) is 0 Å². The number of ether oxygens (including phenoxy) is 1. The van der Waals surface area contributed by atoms with Crippen molar-refractivity contribution in [3.05, 3.63) is 93.1 Å². The van der Waals surface area contributed by atoms with E-state index in [1.54, 1.807) is 0 Å². The van der Waals surface area contributed by atoms with Crippen molar-refractivity contribution >= 4 is 29.9 Å². The largest absolute Gasteiger partial charge is 0.490 e. The number of hydroxylamine groups is 2. The fraction of sp³-hybridized carbons (Fsp3) is 0.310. The van der Waals surface area contributed by atoms with Gasteiger partial charge in [-0.15, -0.1) is 26.3 Å². The number of fused-ring (bicyclic) bond motifs is 3. The van der Waals surface area contributed by atoms with Crippen LogP contribution in [0, 0.1) is 0 Å². The summed E-state index contributed by atoms with van der Waals surface area (Å²) in [5.41, 5.74) is -0.482. The van der Waals surface area contributed by atoms with E-state index in [0.717, 1.165) is 21.6 Å². The van der Waals surface area contributed by atoms with Gasteiger partial charge < -0.3 is 9.94 Å². The third-order valence-electron chi connectivity index (χ3n) is 6.97. The Morgan fingerprint density at radius 2 is 1.51 bits per heavy atom. The van der Waals surface area contributed by atoms with Crippen LogP contribution in [-0.4, -0.2) is 27.5 Å². The predicted molar refractivity (Wildman–Crippen MR) is 145 cm³/mol. The number of rotatable bonds is 10. The minimum Gasteiger partial charge on any atom is -0.490 e. The van der Waals surface area contributed by atoms with Crippen LogP contribution in [0.3, 0.4) is 0 Å². The highest BCUT2D eigenvalue weighted by Crippen LogP contribution is 2.47. The molecule has 2 heterocycles. The molecule has 6 heteroatoms. The van der Waals surface area contributed by atoms with Crippen molar-refractivity contribution in [3.63, 3.8) is 0 Å². The van der Waals surface area contributed by atoms with Gasteiger partial charge in [0.1, 0.15) is 11.9 Å². The molecular formula is C29H34NO4P. The second-order valence-electron chi connectivity index (χ2n) is 9.35. The molecule has 1 fully saturated rings. The molecule has 0 bridgehead atoms. The summed E-state index contributed by atoms with van der Waals surface area (Å²) >= 11 is 0. The molecule has 2 aromatic carbocycles. The van der Waals surface area contributed by atoms with E-state index >= 15 is 0 Å². The number of piperidine rings is 1. The molecule has 184 valence electrons. The van der Waals surface area contributed by atoms with Crippen LogP contribution in [0.5, 0.6) is 5.75 Å². The molecular weight excluding hydrogens is 457 g/mol. The lowest BCUT2D eigenvalue weighted by Crippen LogP contribution is -2.65. The molecule has 35 heavy (non-hydrogen) atoms. The summed E-state index contributed by atoms with van der Waals surface area (Å²) in [6.45, 7) is 15.9. The van der Waals surface area contributed by atoms with Gasteiger partial charge in [0.2, 0.25) is 0 Å². The van der Waals surface area contributed by atoms with Gasteiger partial charge in [-0.1, -0.05) is 42.5 Å². The van der Waals surface area contributed by atoms with Gasteiger partial charge in [-0.05, 0) is 55.3 Å². The Hall–Kier alpha value is -2.98. The Morgan fingerprint density at radius 1 is 0.914 bits per heavy atom. The van der Waals surface area contributed by atoms with Crippen LogP contribution >= 0.6 is 8.43 Å². The van der Waals surface area contributed by atoms with Crippen LogP contribution in [0.15, 0.2) is 102 Å². The SMILES string of the molecule is C=CCC1(CC=C)CC(Oc2ccc3oo[pH]c4ccccc4c3c2)CC(CC=C)(CC=C)N1O. The molecule has 0 saturated carbocycles. The number of hydrogen-bond acceptors (Lipinski definition) is 5. The van der Waals surface area contributed by atoms with Crippen molar-refractivity contribution in [2.24, 2.45) is 0 Å². The van der Waals surface area contributed by atoms with E-state index in [9.17, 15) is 5.21 Å². The topological polar surface area (TPSA) is 59.0 Å². The summed E-state index contributed by atoms with van der Waals surface area (Å²) in [4.78, 5) is 0. The molecule has 1 unspecified atom stereocenters. The second-order valence-corrected chi connectivity index (χ2v) is 10.3. The minimum absolute atomic E-state index is 0.111. The van der Waals surface area contributed by atoms with Crippen LogP contribution in [0.2, 0.25) is 0 Å². The van der Waals surface area contributed by atoms with E-state index in [4.69, 9.17) is 13.7 Å². The fourth-order valence-corrected chi connectivity index (χ4v) is 6.29. The first-order valence-electron chi connectivity index (χ1n) is 11.9. The molecule has 1 aliphatic rings. The van der Waals surface area contributed by atoms with E-state index in [1.165, 1.54) is 5.06 Å². The summed E-state index contributed by atoms with van der Waals surface area (Å²) in [7, 11) is 0.111. The summed E-state index contributed by atoms with van der Waals surface area (Å²) in [5.74, 6) is 0.751. The summed E-state index contributed by atoms with van der Waals surface area (Å²) in [6, 6.07) is 14.0. The number of benzene rings is 2. The van der Waals surface area contributed by atoms with Crippen LogP contribution in [0.1, 0.15) is 38.5 Å². The molecule has 1 aromatic heterocycles. The first kappa shape index (κ1) is 25.1. The lowest BCUT2D eigenvalue weighted by atomic mass is 9.71. The maximum absolute atomic E-state index is 11.6. The maximum Gasteiger partial charge on any atom is 0.187 e. The number of nitrogens with zero attached hydrogens (tertiary/aromatic N) is 1. The Bertz CT molecular complexity index is 1210.